The summed E-state index contributed by atoms with van der Waals surface area (Å²) in [5.74, 6) is -0.892. The van der Waals surface area contributed by atoms with Gasteiger partial charge in [-0.1, -0.05) is 174 Å². The molecule has 0 bridgehead atoms. The average Bonchev–Trinajstić information content (AvgIpc) is 3.27. The number of carbonyl (C=O) groups is 2. The van der Waals surface area contributed by atoms with Gasteiger partial charge in [0, 0.05) is 19.4 Å². The molecule has 0 amide bonds. The van der Waals surface area contributed by atoms with Gasteiger partial charge in [0.05, 0.1) is 13.2 Å². The number of nitrogens with two attached hydrogens (primary N) is 1. The summed E-state index contributed by atoms with van der Waals surface area (Å²) in [6.45, 7) is 3.50. The van der Waals surface area contributed by atoms with E-state index < -0.39 is 32.5 Å². The second-order valence-electron chi connectivity index (χ2n) is 15.2. The Labute approximate surface area is 383 Å². The van der Waals surface area contributed by atoms with Crippen molar-refractivity contribution in [3.63, 3.8) is 0 Å². The van der Waals surface area contributed by atoms with Gasteiger partial charge in [0.2, 0.25) is 0 Å². The molecule has 0 fully saturated rings. The molecule has 0 aromatic carbocycles. The highest BCUT2D eigenvalue weighted by Crippen LogP contribution is 2.43. The second kappa shape index (κ2) is 47.9. The lowest BCUT2D eigenvalue weighted by Crippen LogP contribution is -2.29. The van der Waals surface area contributed by atoms with Crippen molar-refractivity contribution in [2.75, 3.05) is 26.4 Å². The summed E-state index contributed by atoms with van der Waals surface area (Å²) < 4.78 is 32.7. The molecule has 0 saturated heterocycles. The quantitative estimate of drug-likeness (QED) is 0.0265. The molecule has 9 nitrogen and oxygen atoms in total. The van der Waals surface area contributed by atoms with Gasteiger partial charge < -0.3 is 20.1 Å². The maximum Gasteiger partial charge on any atom is 0.472 e. The van der Waals surface area contributed by atoms with Crippen molar-refractivity contribution in [3.05, 3.63) is 122 Å². The highest BCUT2D eigenvalue weighted by atomic mass is 31.2. The Morgan fingerprint density at radius 1 is 0.492 bits per heavy atom. The zero-order valence-electron chi connectivity index (χ0n) is 39.3. The van der Waals surface area contributed by atoms with Crippen LogP contribution in [-0.4, -0.2) is 49.3 Å². The first kappa shape index (κ1) is 59.4. The SMILES string of the molecule is CC/C=C\C/C=C\C/C=C\C/C=C\C/C=C\C/C=C\C/C=C\C/C=C\C/C=C\CCCCCC(=O)OC(COC(=O)CCCCCCC/C=C\CCCC)COP(=O)(O)OCCN. The second-order valence-corrected chi connectivity index (χ2v) is 16.7. The van der Waals surface area contributed by atoms with Crippen molar-refractivity contribution in [2.45, 2.75) is 174 Å². The number of hydrogen-bond donors (Lipinski definition) is 2. The van der Waals surface area contributed by atoms with Gasteiger partial charge in [0.25, 0.3) is 0 Å². The predicted molar refractivity (Wildman–Crippen MR) is 265 cm³/mol. The van der Waals surface area contributed by atoms with Crippen molar-refractivity contribution in [1.29, 1.82) is 0 Å². The summed E-state index contributed by atoms with van der Waals surface area (Å²) in [6.07, 6.45) is 65.3. The minimum Gasteiger partial charge on any atom is -0.462 e. The van der Waals surface area contributed by atoms with Crippen LogP contribution in [0.3, 0.4) is 0 Å². The standard InChI is InChI=1S/C53H86NO8P/c1-3-5-7-9-11-13-15-16-17-18-19-20-21-22-23-24-25-26-27-28-29-30-31-32-33-34-36-38-40-42-44-46-53(56)62-51(50-61-63(57,58)60-48-47-54)49-59-52(55)45-43-41-39-37-35-14-12-10-8-6-4-2/h5,7,10-13,16-17,19-20,22-23,25-26,28-29,31-32,34,36,51H,3-4,6,8-9,14-15,18,21,24,27,30,33,35,37-50,54H2,1-2H3,(H,57,58)/b7-5-,12-10-,13-11-,17-16-,20-19-,23-22-,26-25-,29-28-,32-31-,36-34-. The molecule has 0 rings (SSSR count). The van der Waals surface area contributed by atoms with Crippen molar-refractivity contribution >= 4 is 19.8 Å². The fourth-order valence-corrected chi connectivity index (χ4v) is 6.55. The number of hydrogen-bond acceptors (Lipinski definition) is 8. The van der Waals surface area contributed by atoms with Gasteiger partial charge in [-0.3, -0.25) is 18.6 Å². The van der Waals surface area contributed by atoms with E-state index >= 15 is 0 Å². The molecule has 0 aliphatic carbocycles. The van der Waals surface area contributed by atoms with E-state index in [1.54, 1.807) is 0 Å². The van der Waals surface area contributed by atoms with Gasteiger partial charge in [-0.15, -0.1) is 0 Å². The van der Waals surface area contributed by atoms with Gasteiger partial charge in [0.15, 0.2) is 6.10 Å². The first-order valence-electron chi connectivity index (χ1n) is 24.0. The van der Waals surface area contributed by atoms with Crippen LogP contribution in [0.1, 0.15) is 168 Å². The molecule has 63 heavy (non-hydrogen) atoms. The van der Waals surface area contributed by atoms with Crippen LogP contribution in [0.25, 0.3) is 0 Å². The number of ether oxygens (including phenoxy) is 2. The van der Waals surface area contributed by atoms with Gasteiger partial charge in [-0.05, 0) is 103 Å². The molecule has 0 spiro atoms. The summed E-state index contributed by atoms with van der Waals surface area (Å²) in [7, 11) is -4.40. The topological polar surface area (TPSA) is 134 Å². The Balaban J connectivity index is 4.16. The number of unbranched alkanes of at least 4 members (excludes halogenated alkanes) is 10. The van der Waals surface area contributed by atoms with Crippen LogP contribution < -0.4 is 5.73 Å². The third kappa shape index (κ3) is 47.7. The summed E-state index contributed by atoms with van der Waals surface area (Å²) in [5, 5.41) is 0. The van der Waals surface area contributed by atoms with E-state index in [-0.39, 0.29) is 32.6 Å². The van der Waals surface area contributed by atoms with E-state index in [1.165, 1.54) is 12.8 Å². The van der Waals surface area contributed by atoms with Crippen LogP contribution in [0.2, 0.25) is 0 Å². The number of esters is 2. The molecule has 0 aromatic rings. The molecule has 2 unspecified atom stereocenters. The molecule has 0 aliphatic heterocycles. The Bertz CT molecular complexity index is 1440. The summed E-state index contributed by atoms with van der Waals surface area (Å²) in [6, 6.07) is 0. The molecule has 3 N–H and O–H groups in total. The largest absolute Gasteiger partial charge is 0.472 e. The Hall–Kier alpha value is -3.59. The lowest BCUT2D eigenvalue weighted by Gasteiger charge is -2.19. The maximum atomic E-state index is 12.6. The molecule has 0 saturated carbocycles. The summed E-state index contributed by atoms with van der Waals surface area (Å²) >= 11 is 0. The minimum absolute atomic E-state index is 0.0397. The van der Waals surface area contributed by atoms with E-state index in [9.17, 15) is 19.0 Å². The molecule has 356 valence electrons. The molecule has 0 heterocycles. The third-order valence-corrected chi connectivity index (χ3v) is 10.3. The zero-order chi connectivity index (χ0) is 46.0. The van der Waals surface area contributed by atoms with E-state index in [0.717, 1.165) is 116 Å². The smallest absolute Gasteiger partial charge is 0.462 e. The van der Waals surface area contributed by atoms with Gasteiger partial charge in [0.1, 0.15) is 6.61 Å². The van der Waals surface area contributed by atoms with Crippen molar-refractivity contribution < 1.29 is 37.6 Å². The van der Waals surface area contributed by atoms with Crippen LogP contribution >= 0.6 is 7.82 Å². The minimum atomic E-state index is -4.40. The maximum absolute atomic E-state index is 12.6. The molecular formula is C53H86NO8P. The van der Waals surface area contributed by atoms with Crippen LogP contribution in [-0.2, 0) is 32.7 Å². The number of phosphoric ester groups is 1. The average molecular weight is 896 g/mol. The Kier molecular flexibility index (Phi) is 45.2. The number of carbonyl (C=O) groups excluding carboxylic acids is 2. The van der Waals surface area contributed by atoms with Crippen molar-refractivity contribution in [3.8, 4) is 0 Å². The number of phosphoric acid groups is 1. The molecule has 0 radical (unpaired) electrons. The lowest BCUT2D eigenvalue weighted by atomic mass is 10.1. The molecule has 10 heteroatoms. The summed E-state index contributed by atoms with van der Waals surface area (Å²) in [5.41, 5.74) is 5.35. The van der Waals surface area contributed by atoms with Crippen molar-refractivity contribution in [1.82, 2.24) is 0 Å². The normalized spacial score (nSPS) is 14.3. The van der Waals surface area contributed by atoms with E-state index in [0.29, 0.717) is 12.8 Å². The van der Waals surface area contributed by atoms with E-state index in [4.69, 9.17) is 24.3 Å². The predicted octanol–water partition coefficient (Wildman–Crippen LogP) is 14.5. The van der Waals surface area contributed by atoms with Crippen LogP contribution in [0.4, 0.5) is 0 Å². The molecule has 0 aliphatic rings. The highest BCUT2D eigenvalue weighted by molar-refractivity contribution is 7.47. The lowest BCUT2D eigenvalue weighted by molar-refractivity contribution is -0.161. The van der Waals surface area contributed by atoms with Crippen LogP contribution in [0.15, 0.2) is 122 Å². The van der Waals surface area contributed by atoms with Crippen LogP contribution in [0, 0.1) is 0 Å². The molecular weight excluding hydrogens is 810 g/mol. The van der Waals surface area contributed by atoms with E-state index in [1.807, 2.05) is 0 Å². The van der Waals surface area contributed by atoms with Gasteiger partial charge >= 0.3 is 19.8 Å². The summed E-state index contributed by atoms with van der Waals surface area (Å²) in [4.78, 5) is 34.9. The Morgan fingerprint density at radius 2 is 0.873 bits per heavy atom. The third-order valence-electron chi connectivity index (χ3n) is 9.33. The number of rotatable bonds is 43. The molecule has 2 atom stereocenters. The first-order valence-corrected chi connectivity index (χ1v) is 25.5. The monoisotopic (exact) mass is 896 g/mol. The van der Waals surface area contributed by atoms with Gasteiger partial charge in [-0.2, -0.15) is 0 Å². The fraction of sp³-hybridized carbons (Fsp3) is 0.585. The highest BCUT2D eigenvalue weighted by Gasteiger charge is 2.26. The molecule has 0 aromatic heterocycles. The van der Waals surface area contributed by atoms with Crippen LogP contribution in [0.5, 0.6) is 0 Å². The van der Waals surface area contributed by atoms with Gasteiger partial charge in [-0.25, -0.2) is 4.57 Å². The van der Waals surface area contributed by atoms with E-state index in [2.05, 4.69) is 135 Å². The van der Waals surface area contributed by atoms with Crippen molar-refractivity contribution in [2.24, 2.45) is 5.73 Å². The zero-order valence-corrected chi connectivity index (χ0v) is 40.1. The first-order chi connectivity index (χ1) is 30.8. The number of allylic oxidation sites excluding steroid dienone is 20. The fourth-order valence-electron chi connectivity index (χ4n) is 5.78. The Morgan fingerprint density at radius 3 is 1.33 bits per heavy atom.